The summed E-state index contributed by atoms with van der Waals surface area (Å²) >= 11 is 0. The van der Waals surface area contributed by atoms with Crippen molar-refractivity contribution in [2.24, 2.45) is 5.92 Å². The van der Waals surface area contributed by atoms with Crippen molar-refractivity contribution in [3.8, 4) is 0 Å². The molecule has 1 aliphatic heterocycles. The molecule has 1 heterocycles. The van der Waals surface area contributed by atoms with E-state index in [1.54, 1.807) is 0 Å². The van der Waals surface area contributed by atoms with E-state index in [0.717, 1.165) is 48.7 Å². The maximum atomic E-state index is 12.7. The van der Waals surface area contributed by atoms with Gasteiger partial charge in [-0.1, -0.05) is 94.8 Å². The van der Waals surface area contributed by atoms with E-state index in [2.05, 4.69) is 45.0 Å². The smallest absolute Gasteiger partial charge is 0.303 e. The van der Waals surface area contributed by atoms with Gasteiger partial charge in [0.1, 0.15) is 12.2 Å². The van der Waals surface area contributed by atoms with Crippen LogP contribution in [0, 0.1) is 5.92 Å². The molecule has 1 aliphatic carbocycles. The zero-order valence-corrected chi connectivity index (χ0v) is 29.5. The van der Waals surface area contributed by atoms with Gasteiger partial charge in [-0.2, -0.15) is 8.42 Å². The molecule has 9 nitrogen and oxygen atoms in total. The lowest BCUT2D eigenvalue weighted by Gasteiger charge is -2.44. The number of hydrogen-bond donors (Lipinski definition) is 0. The summed E-state index contributed by atoms with van der Waals surface area (Å²) < 4.78 is 62.7. The largest absolute Gasteiger partial charge is 0.457 e. The van der Waals surface area contributed by atoms with Crippen LogP contribution < -0.4 is 10.4 Å². The molecular formula is C34H50O9SSi. The summed E-state index contributed by atoms with van der Waals surface area (Å²) in [6.45, 7) is 10.2. The second kappa shape index (κ2) is 14.7. The molecule has 1 spiro atoms. The number of benzene rings is 2. The van der Waals surface area contributed by atoms with Gasteiger partial charge in [0, 0.05) is 39.4 Å². The van der Waals surface area contributed by atoms with E-state index in [1.807, 2.05) is 43.3 Å². The minimum Gasteiger partial charge on any atom is -0.457 e. The molecule has 1 saturated carbocycles. The number of carbonyl (C=O) groups is 1. The van der Waals surface area contributed by atoms with Crippen molar-refractivity contribution in [2.75, 3.05) is 26.6 Å². The zero-order valence-electron chi connectivity index (χ0n) is 27.7. The van der Waals surface area contributed by atoms with Crippen LogP contribution in [0.1, 0.15) is 66.7 Å². The van der Waals surface area contributed by atoms with E-state index in [9.17, 15) is 13.2 Å². The molecule has 0 bridgehead atoms. The van der Waals surface area contributed by atoms with Crippen LogP contribution in [0.4, 0.5) is 0 Å². The third kappa shape index (κ3) is 8.43. The standard InChI is InChI=1S/C34H50O9SSi/c1-25(23-40-45(33(3,4)5,27-17-11-8-12-18-27)28-19-13-9-14-20-28)30(38-6)32(43-44(7,36)37)31(41-26(2)35)29-24-39-34(42-29)21-15-10-16-22-34/h8-9,11-14,17-20,25,29-32H,10,15-16,21-24H2,1-7H3/t25-,29+,30-,31+,32+/m0/s1. The summed E-state index contributed by atoms with van der Waals surface area (Å²) in [6.07, 6.45) is 1.58. The second-order valence-corrected chi connectivity index (χ2v) is 19.3. The number of ether oxygens (including phenoxy) is 4. The molecule has 0 aromatic heterocycles. The summed E-state index contributed by atoms with van der Waals surface area (Å²) in [6, 6.07) is 20.6. The van der Waals surface area contributed by atoms with E-state index in [1.165, 1.54) is 14.0 Å². The van der Waals surface area contributed by atoms with Gasteiger partial charge < -0.3 is 23.4 Å². The van der Waals surface area contributed by atoms with Crippen LogP contribution in [0.2, 0.25) is 5.04 Å². The van der Waals surface area contributed by atoms with Crippen molar-refractivity contribution in [2.45, 2.75) is 102 Å². The van der Waals surface area contributed by atoms with Crippen molar-refractivity contribution in [1.29, 1.82) is 0 Å². The molecule has 5 atom stereocenters. The van der Waals surface area contributed by atoms with Crippen LogP contribution in [-0.2, 0) is 42.5 Å². The average molecular weight is 663 g/mol. The highest BCUT2D eigenvalue weighted by Gasteiger charge is 2.53. The summed E-state index contributed by atoms with van der Waals surface area (Å²) in [5.41, 5.74) is 0. The number of esters is 1. The molecule has 2 aliphatic rings. The Morgan fingerprint density at radius 3 is 2.00 bits per heavy atom. The van der Waals surface area contributed by atoms with E-state index in [4.69, 9.17) is 27.6 Å². The minimum atomic E-state index is -4.01. The van der Waals surface area contributed by atoms with Gasteiger partial charge in [-0.3, -0.25) is 8.98 Å². The molecule has 45 heavy (non-hydrogen) atoms. The molecule has 0 unspecified atom stereocenters. The molecule has 2 fully saturated rings. The lowest BCUT2D eigenvalue weighted by Crippen LogP contribution is -2.67. The maximum absolute atomic E-state index is 12.7. The molecule has 250 valence electrons. The summed E-state index contributed by atoms with van der Waals surface area (Å²) in [5.74, 6) is -1.73. The summed E-state index contributed by atoms with van der Waals surface area (Å²) in [7, 11) is -5.41. The fraction of sp³-hybridized carbons (Fsp3) is 0.618. The number of methoxy groups -OCH3 is 1. The van der Waals surface area contributed by atoms with Gasteiger partial charge in [0.15, 0.2) is 11.9 Å². The Bertz CT molecular complexity index is 1300. The fourth-order valence-electron chi connectivity index (χ4n) is 6.94. The third-order valence-electron chi connectivity index (χ3n) is 8.91. The molecule has 0 amide bonds. The Morgan fingerprint density at radius 1 is 0.978 bits per heavy atom. The predicted molar refractivity (Wildman–Crippen MR) is 175 cm³/mol. The summed E-state index contributed by atoms with van der Waals surface area (Å²) in [4.78, 5) is 12.4. The Morgan fingerprint density at radius 2 is 1.53 bits per heavy atom. The molecule has 2 aromatic carbocycles. The van der Waals surface area contributed by atoms with E-state index >= 15 is 0 Å². The Labute approximate surface area is 270 Å². The molecule has 0 N–H and O–H groups in total. The number of hydrogen-bond acceptors (Lipinski definition) is 9. The first-order valence-corrected chi connectivity index (χ1v) is 19.6. The van der Waals surface area contributed by atoms with Crippen molar-refractivity contribution >= 4 is 34.8 Å². The molecule has 4 rings (SSSR count). The van der Waals surface area contributed by atoms with Crippen LogP contribution >= 0.6 is 0 Å². The average Bonchev–Trinajstić information content (AvgIpc) is 3.38. The highest BCUT2D eigenvalue weighted by atomic mass is 32.2. The lowest BCUT2D eigenvalue weighted by atomic mass is 9.93. The van der Waals surface area contributed by atoms with Gasteiger partial charge in [0.2, 0.25) is 0 Å². The van der Waals surface area contributed by atoms with Crippen LogP contribution in [0.15, 0.2) is 60.7 Å². The first-order valence-electron chi connectivity index (χ1n) is 15.9. The van der Waals surface area contributed by atoms with Gasteiger partial charge in [-0.25, -0.2) is 0 Å². The normalized spacial score (nSPS) is 21.6. The van der Waals surface area contributed by atoms with Crippen LogP contribution in [0.3, 0.4) is 0 Å². The van der Waals surface area contributed by atoms with Gasteiger partial charge >= 0.3 is 5.97 Å². The van der Waals surface area contributed by atoms with Gasteiger partial charge in [0.05, 0.1) is 19.0 Å². The van der Waals surface area contributed by atoms with E-state index in [-0.39, 0.29) is 24.2 Å². The second-order valence-electron chi connectivity index (χ2n) is 13.4. The predicted octanol–water partition coefficient (Wildman–Crippen LogP) is 4.57. The molecule has 2 aromatic rings. The monoisotopic (exact) mass is 662 g/mol. The SMILES string of the molecule is CO[C@H]([C@@H](OS(C)(=O)=O)[C@H](OC(C)=O)[C@H]1COC2(CCCCC2)O1)[C@@H](C)CO[Si](c1ccccc1)(c1ccccc1)C(C)(C)C. The van der Waals surface area contributed by atoms with Crippen LogP contribution in [-0.4, -0.2) is 79.5 Å². The van der Waals surface area contributed by atoms with Crippen LogP contribution in [0.25, 0.3) is 0 Å². The first kappa shape index (κ1) is 35.7. The lowest BCUT2D eigenvalue weighted by molar-refractivity contribution is -0.211. The maximum Gasteiger partial charge on any atom is 0.303 e. The third-order valence-corrected chi connectivity index (χ3v) is 14.5. The highest BCUT2D eigenvalue weighted by Crippen LogP contribution is 2.41. The van der Waals surface area contributed by atoms with Crippen molar-refractivity contribution in [3.63, 3.8) is 0 Å². The quantitative estimate of drug-likeness (QED) is 0.173. The molecular weight excluding hydrogens is 613 g/mol. The molecule has 0 radical (unpaired) electrons. The fourth-order valence-corrected chi connectivity index (χ4v) is 12.2. The Balaban J connectivity index is 1.69. The first-order chi connectivity index (χ1) is 21.2. The number of rotatable bonds is 13. The Hall–Kier alpha value is -2.12. The Kier molecular flexibility index (Phi) is 11.7. The van der Waals surface area contributed by atoms with Gasteiger partial charge in [0.25, 0.3) is 18.4 Å². The summed E-state index contributed by atoms with van der Waals surface area (Å²) in [5, 5.41) is 1.99. The van der Waals surface area contributed by atoms with Crippen molar-refractivity contribution in [3.05, 3.63) is 60.7 Å². The molecule has 1 saturated heterocycles. The zero-order chi connectivity index (χ0) is 32.9. The minimum absolute atomic E-state index is 0.144. The number of carbonyl (C=O) groups excluding carboxylic acids is 1. The topological polar surface area (TPSA) is 107 Å². The van der Waals surface area contributed by atoms with Crippen molar-refractivity contribution < 1.29 is 40.8 Å². The van der Waals surface area contributed by atoms with Gasteiger partial charge in [-0.15, -0.1) is 0 Å². The van der Waals surface area contributed by atoms with E-state index < -0.39 is 54.6 Å². The highest BCUT2D eigenvalue weighted by molar-refractivity contribution is 7.86. The van der Waals surface area contributed by atoms with Crippen LogP contribution in [0.5, 0.6) is 0 Å². The van der Waals surface area contributed by atoms with Crippen molar-refractivity contribution in [1.82, 2.24) is 0 Å². The van der Waals surface area contributed by atoms with E-state index in [0.29, 0.717) is 0 Å². The molecule has 11 heteroatoms. The van der Waals surface area contributed by atoms with Gasteiger partial charge in [-0.05, 0) is 28.3 Å².